The lowest BCUT2D eigenvalue weighted by Crippen LogP contribution is -2.49. The van der Waals surface area contributed by atoms with E-state index in [1.807, 2.05) is 0 Å². The molecule has 0 aromatic heterocycles. The molecule has 1 fully saturated rings. The van der Waals surface area contributed by atoms with Gasteiger partial charge in [-0.15, -0.1) is 0 Å². The molecule has 1 aliphatic rings. The summed E-state index contributed by atoms with van der Waals surface area (Å²) in [5, 5.41) is 3.56. The standard InChI is InChI=1S/C31H44F3N3O2/c1-21(2)24(5)35-15-7-8-20-39-29-14-13-28(22(3)23(29)4)25(6)36-16-18-37(19-17-36)30(38)26-9-11-27(12-10-26)31(32,33)34/h9-14,21,24-25,35H,7-8,15-20H2,1-6H3. The average molecular weight is 548 g/mol. The number of nitrogens with one attached hydrogen (secondary N) is 1. The molecule has 8 heteroatoms. The number of carbonyl (C=O) groups is 1. The van der Waals surface area contributed by atoms with Crippen molar-refractivity contribution in [3.63, 3.8) is 0 Å². The minimum Gasteiger partial charge on any atom is -0.493 e. The van der Waals surface area contributed by atoms with Crippen LogP contribution in [0.25, 0.3) is 0 Å². The van der Waals surface area contributed by atoms with E-state index in [-0.39, 0.29) is 17.5 Å². The van der Waals surface area contributed by atoms with E-state index >= 15 is 0 Å². The van der Waals surface area contributed by atoms with Crippen molar-refractivity contribution in [1.82, 2.24) is 15.1 Å². The minimum absolute atomic E-state index is 0.176. The van der Waals surface area contributed by atoms with E-state index in [0.717, 1.165) is 42.8 Å². The molecular formula is C31H44F3N3O2. The van der Waals surface area contributed by atoms with E-state index in [1.54, 1.807) is 4.90 Å². The van der Waals surface area contributed by atoms with E-state index in [9.17, 15) is 18.0 Å². The molecule has 2 aromatic rings. The molecule has 1 saturated heterocycles. The van der Waals surface area contributed by atoms with Crippen molar-refractivity contribution in [3.8, 4) is 5.75 Å². The Kier molecular flexibility index (Phi) is 10.8. The van der Waals surface area contributed by atoms with Gasteiger partial charge in [0.05, 0.1) is 12.2 Å². The molecule has 216 valence electrons. The van der Waals surface area contributed by atoms with E-state index in [4.69, 9.17) is 4.74 Å². The second-order valence-electron chi connectivity index (χ2n) is 11.0. The van der Waals surface area contributed by atoms with Crippen LogP contribution in [0.15, 0.2) is 36.4 Å². The summed E-state index contributed by atoms with van der Waals surface area (Å²) >= 11 is 0. The maximum absolute atomic E-state index is 12.9. The maximum atomic E-state index is 12.9. The normalized spacial score (nSPS) is 16.4. The van der Waals surface area contributed by atoms with Crippen molar-refractivity contribution in [2.45, 2.75) is 72.6 Å². The zero-order chi connectivity index (χ0) is 28.7. The Labute approximate surface area is 231 Å². The number of rotatable bonds is 11. The summed E-state index contributed by atoms with van der Waals surface area (Å²) in [6, 6.07) is 9.37. The van der Waals surface area contributed by atoms with Gasteiger partial charge in [-0.2, -0.15) is 13.2 Å². The van der Waals surface area contributed by atoms with E-state index in [2.05, 4.69) is 63.9 Å². The second-order valence-corrected chi connectivity index (χ2v) is 11.0. The number of benzene rings is 2. The summed E-state index contributed by atoms with van der Waals surface area (Å²) in [6.07, 6.45) is -2.32. The number of ether oxygens (including phenoxy) is 1. The van der Waals surface area contributed by atoms with Crippen LogP contribution >= 0.6 is 0 Å². The summed E-state index contributed by atoms with van der Waals surface area (Å²) in [4.78, 5) is 16.9. The van der Waals surface area contributed by atoms with E-state index in [0.29, 0.717) is 44.7 Å². The lowest BCUT2D eigenvalue weighted by Gasteiger charge is -2.39. The summed E-state index contributed by atoms with van der Waals surface area (Å²) in [5.41, 5.74) is 3.16. The predicted molar refractivity (Wildman–Crippen MR) is 150 cm³/mol. The topological polar surface area (TPSA) is 44.8 Å². The molecule has 1 heterocycles. The molecular weight excluding hydrogens is 503 g/mol. The fourth-order valence-corrected chi connectivity index (χ4v) is 4.89. The number of hydrogen-bond donors (Lipinski definition) is 1. The van der Waals surface area contributed by atoms with Gasteiger partial charge >= 0.3 is 6.18 Å². The second kappa shape index (κ2) is 13.7. The van der Waals surface area contributed by atoms with E-state index < -0.39 is 11.7 Å². The maximum Gasteiger partial charge on any atom is 0.416 e. The number of halogens is 3. The zero-order valence-electron chi connectivity index (χ0n) is 24.2. The predicted octanol–water partition coefficient (Wildman–Crippen LogP) is 6.63. The molecule has 5 nitrogen and oxygen atoms in total. The summed E-state index contributed by atoms with van der Waals surface area (Å²) < 4.78 is 44.6. The molecule has 2 aromatic carbocycles. The quantitative estimate of drug-likeness (QED) is 0.321. The minimum atomic E-state index is -4.41. The molecule has 0 bridgehead atoms. The van der Waals surface area contributed by atoms with Crippen LogP contribution in [-0.2, 0) is 6.18 Å². The Morgan fingerprint density at radius 1 is 0.923 bits per heavy atom. The van der Waals surface area contributed by atoms with Crippen LogP contribution in [0.2, 0.25) is 0 Å². The first kappa shape index (κ1) is 31.0. The monoisotopic (exact) mass is 547 g/mol. The van der Waals surface area contributed by atoms with Crippen LogP contribution in [0.3, 0.4) is 0 Å². The van der Waals surface area contributed by atoms with Gasteiger partial charge in [0.1, 0.15) is 5.75 Å². The number of amides is 1. The summed E-state index contributed by atoms with van der Waals surface area (Å²) in [7, 11) is 0. The van der Waals surface area contributed by atoms with E-state index in [1.165, 1.54) is 23.3 Å². The molecule has 0 spiro atoms. The molecule has 39 heavy (non-hydrogen) atoms. The third kappa shape index (κ3) is 8.21. The van der Waals surface area contributed by atoms with Crippen LogP contribution in [0, 0.1) is 19.8 Å². The molecule has 1 amide bonds. The van der Waals surface area contributed by atoms with Gasteiger partial charge in [0.15, 0.2) is 0 Å². The smallest absolute Gasteiger partial charge is 0.416 e. The highest BCUT2D eigenvalue weighted by Crippen LogP contribution is 2.32. The van der Waals surface area contributed by atoms with Gasteiger partial charge in [-0.25, -0.2) is 0 Å². The fraction of sp³-hybridized carbons (Fsp3) is 0.581. The SMILES string of the molecule is Cc1c(OCCCCNC(C)C(C)C)ccc(C(C)N2CCN(C(=O)c3ccc(C(F)(F)F)cc3)CC2)c1C. The molecule has 3 rings (SSSR count). The van der Waals surface area contributed by atoms with Crippen LogP contribution in [-0.4, -0.2) is 61.1 Å². The largest absolute Gasteiger partial charge is 0.493 e. The van der Waals surface area contributed by atoms with Crippen molar-refractivity contribution >= 4 is 5.91 Å². The highest BCUT2D eigenvalue weighted by atomic mass is 19.4. The van der Waals surface area contributed by atoms with Crippen LogP contribution in [0.5, 0.6) is 5.75 Å². The number of piperazine rings is 1. The van der Waals surface area contributed by atoms with Crippen molar-refractivity contribution in [2.24, 2.45) is 5.92 Å². The van der Waals surface area contributed by atoms with Crippen molar-refractivity contribution in [3.05, 3.63) is 64.2 Å². The molecule has 1 aliphatic heterocycles. The fourth-order valence-electron chi connectivity index (χ4n) is 4.89. The van der Waals surface area contributed by atoms with Crippen molar-refractivity contribution in [2.75, 3.05) is 39.3 Å². The first-order valence-electron chi connectivity index (χ1n) is 14.1. The Bertz CT molecular complexity index is 1080. The molecule has 0 radical (unpaired) electrons. The Morgan fingerprint density at radius 2 is 1.56 bits per heavy atom. The first-order valence-corrected chi connectivity index (χ1v) is 14.1. The molecule has 0 aliphatic carbocycles. The van der Waals surface area contributed by atoms with Gasteiger partial charge in [0.2, 0.25) is 0 Å². The number of hydrogen-bond acceptors (Lipinski definition) is 4. The lowest BCUT2D eigenvalue weighted by molar-refractivity contribution is -0.137. The Balaban J connectivity index is 1.50. The van der Waals surface area contributed by atoms with Crippen LogP contribution in [0.4, 0.5) is 13.2 Å². The van der Waals surface area contributed by atoms with Gasteiger partial charge in [-0.1, -0.05) is 19.9 Å². The third-order valence-corrected chi connectivity index (χ3v) is 8.13. The van der Waals surface area contributed by atoms with Gasteiger partial charge in [-0.3, -0.25) is 9.69 Å². The van der Waals surface area contributed by atoms with Gasteiger partial charge in [0.25, 0.3) is 5.91 Å². The van der Waals surface area contributed by atoms with Crippen molar-refractivity contribution < 1.29 is 22.7 Å². The molecule has 2 atom stereocenters. The zero-order valence-corrected chi connectivity index (χ0v) is 24.2. The lowest BCUT2D eigenvalue weighted by atomic mass is 9.96. The third-order valence-electron chi connectivity index (χ3n) is 8.13. The number of unbranched alkanes of at least 4 members (excludes halogenated alkanes) is 1. The van der Waals surface area contributed by atoms with Crippen LogP contribution in [0.1, 0.15) is 79.2 Å². The van der Waals surface area contributed by atoms with Crippen LogP contribution < -0.4 is 10.1 Å². The number of alkyl halides is 3. The Morgan fingerprint density at radius 3 is 2.15 bits per heavy atom. The van der Waals surface area contributed by atoms with Gasteiger partial charge in [0, 0.05) is 43.8 Å². The first-order chi connectivity index (χ1) is 18.4. The summed E-state index contributed by atoms with van der Waals surface area (Å²) in [5.74, 6) is 1.33. The van der Waals surface area contributed by atoms with Gasteiger partial charge in [-0.05, 0) is 100 Å². The Hall–Kier alpha value is -2.58. The highest BCUT2D eigenvalue weighted by molar-refractivity contribution is 5.94. The highest BCUT2D eigenvalue weighted by Gasteiger charge is 2.31. The molecule has 1 N–H and O–H groups in total. The number of nitrogens with zero attached hydrogens (tertiary/aromatic N) is 2. The average Bonchev–Trinajstić information content (AvgIpc) is 2.91. The number of carbonyl (C=O) groups excluding carboxylic acids is 1. The molecule has 0 saturated carbocycles. The van der Waals surface area contributed by atoms with Gasteiger partial charge < -0.3 is 15.0 Å². The van der Waals surface area contributed by atoms with Crippen molar-refractivity contribution in [1.29, 1.82) is 0 Å². The molecule has 2 unspecified atom stereocenters. The summed E-state index contributed by atoms with van der Waals surface area (Å²) in [6.45, 7) is 17.3.